The van der Waals surface area contributed by atoms with Gasteiger partial charge in [-0.05, 0) is 13.0 Å². The van der Waals surface area contributed by atoms with Gasteiger partial charge in [0.05, 0.1) is 6.20 Å². The molecule has 0 radical (unpaired) electrons. The van der Waals surface area contributed by atoms with E-state index >= 15 is 0 Å². The molecule has 2 heterocycles. The molecule has 0 N–H and O–H groups in total. The Morgan fingerprint density at radius 1 is 1.33 bits per heavy atom. The third-order valence-corrected chi connectivity index (χ3v) is 2.45. The van der Waals surface area contributed by atoms with E-state index in [-0.39, 0.29) is 0 Å². The van der Waals surface area contributed by atoms with Crippen LogP contribution in [0.3, 0.4) is 0 Å². The molecule has 0 aliphatic carbocycles. The summed E-state index contributed by atoms with van der Waals surface area (Å²) in [7, 11) is 0. The van der Waals surface area contributed by atoms with E-state index in [0.29, 0.717) is 10.3 Å². The summed E-state index contributed by atoms with van der Waals surface area (Å²) in [5.41, 5.74) is 1.63. The molecule has 0 fully saturated rings. The lowest BCUT2D eigenvalue weighted by atomic mass is 10.2. The van der Waals surface area contributed by atoms with E-state index in [0.717, 1.165) is 17.7 Å². The van der Waals surface area contributed by atoms with Crippen molar-refractivity contribution in [2.24, 2.45) is 0 Å². The minimum atomic E-state index is 0.318. The van der Waals surface area contributed by atoms with Crippen molar-refractivity contribution in [1.82, 2.24) is 20.0 Å². The minimum absolute atomic E-state index is 0.318. The molecule has 15 heavy (non-hydrogen) atoms. The lowest BCUT2D eigenvalue weighted by Crippen LogP contribution is -1.92. The van der Waals surface area contributed by atoms with Crippen LogP contribution < -0.4 is 0 Å². The molecule has 2 aromatic heterocycles. The Morgan fingerprint density at radius 2 is 2.13 bits per heavy atom. The van der Waals surface area contributed by atoms with Gasteiger partial charge >= 0.3 is 0 Å². The SMILES string of the molecule is CCn1cc(-c2cc(Cl)nnc2Cl)cn1. The monoisotopic (exact) mass is 242 g/mol. The van der Waals surface area contributed by atoms with Gasteiger partial charge in [-0.3, -0.25) is 4.68 Å². The van der Waals surface area contributed by atoms with Gasteiger partial charge in [-0.25, -0.2) is 0 Å². The molecule has 2 aromatic rings. The number of hydrogen-bond acceptors (Lipinski definition) is 3. The fourth-order valence-electron chi connectivity index (χ4n) is 1.23. The van der Waals surface area contributed by atoms with Gasteiger partial charge in [0.25, 0.3) is 0 Å². The van der Waals surface area contributed by atoms with Crippen molar-refractivity contribution in [3.8, 4) is 11.1 Å². The number of halogens is 2. The lowest BCUT2D eigenvalue weighted by molar-refractivity contribution is 0.660. The van der Waals surface area contributed by atoms with Gasteiger partial charge in [-0.1, -0.05) is 23.2 Å². The van der Waals surface area contributed by atoms with E-state index in [1.165, 1.54) is 0 Å². The van der Waals surface area contributed by atoms with E-state index in [1.54, 1.807) is 16.9 Å². The second-order valence-electron chi connectivity index (χ2n) is 2.96. The van der Waals surface area contributed by atoms with E-state index in [2.05, 4.69) is 15.3 Å². The van der Waals surface area contributed by atoms with Crippen LogP contribution >= 0.6 is 23.2 Å². The molecule has 0 aromatic carbocycles. The van der Waals surface area contributed by atoms with Crippen LogP contribution in [0.5, 0.6) is 0 Å². The summed E-state index contributed by atoms with van der Waals surface area (Å²) in [5, 5.41) is 12.2. The summed E-state index contributed by atoms with van der Waals surface area (Å²) in [6.45, 7) is 2.82. The first-order valence-corrected chi connectivity index (χ1v) is 5.18. The number of nitrogens with zero attached hydrogens (tertiary/aromatic N) is 4. The van der Waals surface area contributed by atoms with Gasteiger partial charge in [0.2, 0.25) is 0 Å². The maximum Gasteiger partial charge on any atom is 0.159 e. The van der Waals surface area contributed by atoms with E-state index in [4.69, 9.17) is 23.2 Å². The lowest BCUT2D eigenvalue weighted by Gasteiger charge is -1.99. The van der Waals surface area contributed by atoms with Gasteiger partial charge in [0.15, 0.2) is 10.3 Å². The zero-order valence-corrected chi connectivity index (χ0v) is 9.50. The molecule has 0 saturated heterocycles. The Morgan fingerprint density at radius 3 is 2.80 bits per heavy atom. The predicted octanol–water partition coefficient (Wildman–Crippen LogP) is 2.67. The Kier molecular flexibility index (Phi) is 2.88. The average molecular weight is 243 g/mol. The summed E-state index contributed by atoms with van der Waals surface area (Å²) < 4.78 is 1.81. The van der Waals surface area contributed by atoms with E-state index in [9.17, 15) is 0 Å². The van der Waals surface area contributed by atoms with Crippen molar-refractivity contribution >= 4 is 23.2 Å². The first kappa shape index (κ1) is 10.4. The highest BCUT2D eigenvalue weighted by Crippen LogP contribution is 2.26. The fourth-order valence-corrected chi connectivity index (χ4v) is 1.58. The fraction of sp³-hybridized carbons (Fsp3) is 0.222. The number of aryl methyl sites for hydroxylation is 1. The molecule has 4 nitrogen and oxygen atoms in total. The van der Waals surface area contributed by atoms with E-state index in [1.807, 2.05) is 13.1 Å². The average Bonchev–Trinajstić information content (AvgIpc) is 2.70. The molecule has 2 rings (SSSR count). The quantitative estimate of drug-likeness (QED) is 0.814. The second-order valence-corrected chi connectivity index (χ2v) is 3.70. The number of hydrogen-bond donors (Lipinski definition) is 0. The topological polar surface area (TPSA) is 43.6 Å². The first-order chi connectivity index (χ1) is 7.20. The number of aromatic nitrogens is 4. The molecule has 6 heteroatoms. The number of rotatable bonds is 2. The Hall–Kier alpha value is -1.13. The third-order valence-electron chi connectivity index (χ3n) is 1.99. The van der Waals surface area contributed by atoms with Crippen molar-refractivity contribution < 1.29 is 0 Å². The molecule has 0 unspecified atom stereocenters. The van der Waals surface area contributed by atoms with Crippen LogP contribution in [0.25, 0.3) is 11.1 Å². The summed E-state index contributed by atoms with van der Waals surface area (Å²) >= 11 is 11.7. The van der Waals surface area contributed by atoms with Crippen molar-refractivity contribution in [2.75, 3.05) is 0 Å². The molecular weight excluding hydrogens is 235 g/mol. The predicted molar refractivity (Wildman–Crippen MR) is 58.9 cm³/mol. The van der Waals surface area contributed by atoms with Crippen LogP contribution in [0.1, 0.15) is 6.92 Å². The smallest absolute Gasteiger partial charge is 0.159 e. The highest BCUT2D eigenvalue weighted by Gasteiger charge is 2.08. The molecule has 0 amide bonds. The van der Waals surface area contributed by atoms with Crippen LogP contribution in [0.15, 0.2) is 18.5 Å². The molecule has 0 bridgehead atoms. The zero-order valence-electron chi connectivity index (χ0n) is 7.98. The summed E-state index contributed by atoms with van der Waals surface area (Å²) in [5.74, 6) is 0. The summed E-state index contributed by atoms with van der Waals surface area (Å²) in [6.07, 6.45) is 3.61. The van der Waals surface area contributed by atoms with Crippen molar-refractivity contribution in [1.29, 1.82) is 0 Å². The van der Waals surface area contributed by atoms with Gasteiger partial charge in [0, 0.05) is 23.9 Å². The Balaban J connectivity index is 2.48. The van der Waals surface area contributed by atoms with Crippen molar-refractivity contribution in [3.63, 3.8) is 0 Å². The van der Waals surface area contributed by atoms with Gasteiger partial charge in [-0.15, -0.1) is 10.2 Å². The first-order valence-electron chi connectivity index (χ1n) is 4.42. The normalized spacial score (nSPS) is 10.6. The van der Waals surface area contributed by atoms with E-state index < -0.39 is 0 Å². The van der Waals surface area contributed by atoms with Crippen LogP contribution in [0, 0.1) is 0 Å². The minimum Gasteiger partial charge on any atom is -0.272 e. The van der Waals surface area contributed by atoms with Crippen LogP contribution in [-0.2, 0) is 6.54 Å². The molecular formula is C9H8Cl2N4. The van der Waals surface area contributed by atoms with Crippen LogP contribution in [0.4, 0.5) is 0 Å². The van der Waals surface area contributed by atoms with Crippen LogP contribution in [0.2, 0.25) is 10.3 Å². The van der Waals surface area contributed by atoms with Gasteiger partial charge in [0.1, 0.15) is 0 Å². The summed E-state index contributed by atoms with van der Waals surface area (Å²) in [6, 6.07) is 1.67. The van der Waals surface area contributed by atoms with Gasteiger partial charge in [-0.2, -0.15) is 5.10 Å². The maximum absolute atomic E-state index is 5.91. The second kappa shape index (κ2) is 4.16. The largest absolute Gasteiger partial charge is 0.272 e. The van der Waals surface area contributed by atoms with Crippen LogP contribution in [-0.4, -0.2) is 20.0 Å². The Bertz CT molecular complexity index is 481. The molecule has 0 aliphatic rings. The molecule has 0 aliphatic heterocycles. The highest BCUT2D eigenvalue weighted by atomic mass is 35.5. The standard InChI is InChI=1S/C9H8Cl2N4/c1-2-15-5-6(4-12-15)7-3-8(10)13-14-9(7)11/h3-5H,2H2,1H3. The summed E-state index contributed by atoms with van der Waals surface area (Å²) in [4.78, 5) is 0. The Labute approximate surface area is 96.8 Å². The third kappa shape index (κ3) is 2.11. The van der Waals surface area contributed by atoms with Crippen molar-refractivity contribution in [3.05, 3.63) is 28.8 Å². The van der Waals surface area contributed by atoms with Gasteiger partial charge < -0.3 is 0 Å². The zero-order chi connectivity index (χ0) is 10.8. The maximum atomic E-state index is 5.91. The van der Waals surface area contributed by atoms with Crippen molar-refractivity contribution in [2.45, 2.75) is 13.5 Å². The molecule has 0 spiro atoms. The molecule has 78 valence electrons. The molecule has 0 atom stereocenters. The highest BCUT2D eigenvalue weighted by molar-refractivity contribution is 6.33. The molecule has 0 saturated carbocycles.